The molecule has 0 spiro atoms. The average molecular weight is 420 g/mol. The van der Waals surface area contributed by atoms with Crippen LogP contribution in [0.1, 0.15) is 103 Å². The Hall–Kier alpha value is -0.950. The molecule has 0 atom stereocenters. The van der Waals surface area contributed by atoms with E-state index in [0.29, 0.717) is 6.42 Å². The Kier molecular flexibility index (Phi) is 12.9. The highest BCUT2D eigenvalue weighted by Gasteiger charge is 2.74. The molecule has 0 radical (unpaired) electrons. The lowest BCUT2D eigenvalue weighted by Gasteiger charge is -2.30. The van der Waals surface area contributed by atoms with Gasteiger partial charge >= 0.3 is 23.7 Å². The molecule has 0 fully saturated rings. The molecule has 0 aliphatic carbocycles. The molecule has 0 saturated heterocycles. The van der Waals surface area contributed by atoms with Gasteiger partial charge in [-0.15, -0.1) is 0 Å². The molecule has 168 valence electrons. The van der Waals surface area contributed by atoms with Crippen LogP contribution in [0, 0.1) is 0 Å². The molecule has 2 nitrogen and oxygen atoms in total. The number of hydrogen-bond donors (Lipinski definition) is 1. The van der Waals surface area contributed by atoms with Crippen LogP contribution in [0.2, 0.25) is 0 Å². The van der Waals surface area contributed by atoms with Crippen molar-refractivity contribution in [1.82, 2.24) is 0 Å². The largest absolute Gasteiger partial charge is 0.477 e. The van der Waals surface area contributed by atoms with Crippen molar-refractivity contribution in [3.8, 4) is 0 Å². The number of aliphatic carboxylic acids is 1. The molecule has 8 heteroatoms. The molecule has 0 saturated carbocycles. The van der Waals surface area contributed by atoms with E-state index >= 15 is 0 Å². The summed E-state index contributed by atoms with van der Waals surface area (Å²) in [6.45, 7) is 2.18. The molecule has 0 amide bonds. The number of halogens is 6. The van der Waals surface area contributed by atoms with Crippen LogP contribution in [0.5, 0.6) is 0 Å². The lowest BCUT2D eigenvalue weighted by molar-refractivity contribution is -0.305. The SMILES string of the molecule is CCCCCCCCCCCCCCCCC(F)(F)C(F)(F)C(F)(F)C(=O)O. The Labute approximate surface area is 164 Å². The predicted octanol–water partition coefficient (Wildman–Crippen LogP) is 7.85. The van der Waals surface area contributed by atoms with E-state index < -0.39 is 30.2 Å². The molecule has 0 bridgehead atoms. The van der Waals surface area contributed by atoms with Crippen molar-refractivity contribution in [1.29, 1.82) is 0 Å². The summed E-state index contributed by atoms with van der Waals surface area (Å²) in [5, 5.41) is 8.07. The van der Waals surface area contributed by atoms with Crippen molar-refractivity contribution < 1.29 is 36.2 Å². The molecule has 0 aromatic rings. The maximum Gasteiger partial charge on any atom is 0.410 e. The van der Waals surface area contributed by atoms with Crippen LogP contribution in [0.25, 0.3) is 0 Å². The summed E-state index contributed by atoms with van der Waals surface area (Å²) in [7, 11) is 0. The highest BCUT2D eigenvalue weighted by atomic mass is 19.3. The highest BCUT2D eigenvalue weighted by Crippen LogP contribution is 2.48. The van der Waals surface area contributed by atoms with Gasteiger partial charge in [0.25, 0.3) is 0 Å². The smallest absolute Gasteiger partial charge is 0.410 e. The highest BCUT2D eigenvalue weighted by molar-refractivity contribution is 5.77. The fourth-order valence-corrected chi connectivity index (χ4v) is 3.06. The molecular formula is C20H34F6O2. The van der Waals surface area contributed by atoms with Crippen LogP contribution in [-0.4, -0.2) is 28.8 Å². The number of hydrogen-bond acceptors (Lipinski definition) is 1. The fraction of sp³-hybridized carbons (Fsp3) is 0.950. The monoisotopic (exact) mass is 420 g/mol. The molecule has 28 heavy (non-hydrogen) atoms. The first-order valence-corrected chi connectivity index (χ1v) is 10.4. The first kappa shape index (κ1) is 27.0. The third kappa shape index (κ3) is 9.03. The summed E-state index contributed by atoms with van der Waals surface area (Å²) in [6, 6.07) is 0. The number of carboxylic acid groups (broad SMARTS) is 1. The minimum Gasteiger partial charge on any atom is -0.477 e. The van der Waals surface area contributed by atoms with Gasteiger partial charge in [-0.1, -0.05) is 90.4 Å². The Bertz CT molecular complexity index is 427. The zero-order valence-electron chi connectivity index (χ0n) is 16.7. The second-order valence-electron chi connectivity index (χ2n) is 7.50. The van der Waals surface area contributed by atoms with Gasteiger partial charge in [0, 0.05) is 6.42 Å². The molecule has 0 heterocycles. The van der Waals surface area contributed by atoms with Gasteiger partial charge < -0.3 is 5.11 Å². The standard InChI is InChI=1S/C20H34F6O2/c1-2-3-4-5-6-7-8-9-10-11-12-13-14-15-16-18(21,22)20(25,26)19(23,24)17(27)28/h2-16H2,1H3,(H,27,28). The van der Waals surface area contributed by atoms with Gasteiger partial charge in [0.15, 0.2) is 0 Å². The van der Waals surface area contributed by atoms with Gasteiger partial charge in [0.1, 0.15) is 0 Å². The van der Waals surface area contributed by atoms with Crippen molar-refractivity contribution >= 4 is 5.97 Å². The maximum atomic E-state index is 13.4. The van der Waals surface area contributed by atoms with Crippen molar-refractivity contribution in [2.45, 2.75) is 121 Å². The van der Waals surface area contributed by atoms with E-state index in [-0.39, 0.29) is 12.8 Å². The molecule has 0 unspecified atom stereocenters. The third-order valence-electron chi connectivity index (χ3n) is 4.97. The summed E-state index contributed by atoms with van der Waals surface area (Å²) in [5.41, 5.74) is 0. The molecule has 0 aromatic heterocycles. The first-order chi connectivity index (χ1) is 13.0. The van der Waals surface area contributed by atoms with Crippen LogP contribution < -0.4 is 0 Å². The maximum absolute atomic E-state index is 13.4. The zero-order valence-corrected chi connectivity index (χ0v) is 16.7. The summed E-state index contributed by atoms with van der Waals surface area (Å²) in [6.07, 6.45) is 11.6. The second kappa shape index (κ2) is 13.3. The number of alkyl halides is 6. The topological polar surface area (TPSA) is 37.3 Å². The van der Waals surface area contributed by atoms with Crippen LogP contribution in [0.15, 0.2) is 0 Å². The van der Waals surface area contributed by atoms with E-state index in [4.69, 9.17) is 5.11 Å². The number of rotatable bonds is 18. The van der Waals surface area contributed by atoms with E-state index in [1.54, 1.807) is 0 Å². The van der Waals surface area contributed by atoms with Crippen molar-refractivity contribution in [2.75, 3.05) is 0 Å². The molecule has 0 rings (SSSR count). The van der Waals surface area contributed by atoms with Gasteiger partial charge in [-0.05, 0) is 6.42 Å². The minimum absolute atomic E-state index is 0.224. The van der Waals surface area contributed by atoms with E-state index in [0.717, 1.165) is 25.7 Å². The average Bonchev–Trinajstić information content (AvgIpc) is 2.61. The molecule has 0 aromatic carbocycles. The fourth-order valence-electron chi connectivity index (χ4n) is 3.06. The number of carboxylic acids is 1. The van der Waals surface area contributed by atoms with Crippen molar-refractivity contribution in [2.24, 2.45) is 0 Å². The van der Waals surface area contributed by atoms with Gasteiger partial charge in [-0.3, -0.25) is 0 Å². The van der Waals surface area contributed by atoms with Gasteiger partial charge in [-0.25, -0.2) is 4.79 Å². The second-order valence-corrected chi connectivity index (χ2v) is 7.50. The summed E-state index contributed by atoms with van der Waals surface area (Å²) >= 11 is 0. The predicted molar refractivity (Wildman–Crippen MR) is 97.4 cm³/mol. The lowest BCUT2D eigenvalue weighted by Crippen LogP contribution is -2.57. The van der Waals surface area contributed by atoms with Crippen LogP contribution in [0.3, 0.4) is 0 Å². The van der Waals surface area contributed by atoms with E-state index in [9.17, 15) is 31.1 Å². The van der Waals surface area contributed by atoms with Crippen LogP contribution in [-0.2, 0) is 4.79 Å². The minimum atomic E-state index is -5.91. The van der Waals surface area contributed by atoms with Gasteiger partial charge in [0.2, 0.25) is 0 Å². The molecule has 0 aliphatic heterocycles. The summed E-state index contributed by atoms with van der Waals surface area (Å²) in [4.78, 5) is 10.2. The van der Waals surface area contributed by atoms with Crippen LogP contribution >= 0.6 is 0 Å². The number of carbonyl (C=O) groups is 1. The molecular weight excluding hydrogens is 386 g/mol. The van der Waals surface area contributed by atoms with Gasteiger partial charge in [-0.2, -0.15) is 26.3 Å². The zero-order chi connectivity index (χ0) is 21.7. The Morgan fingerprint density at radius 1 is 0.643 bits per heavy atom. The van der Waals surface area contributed by atoms with Crippen molar-refractivity contribution in [3.05, 3.63) is 0 Å². The molecule has 0 aliphatic rings. The van der Waals surface area contributed by atoms with Crippen LogP contribution in [0.4, 0.5) is 26.3 Å². The summed E-state index contributed by atoms with van der Waals surface area (Å²) < 4.78 is 79.0. The summed E-state index contributed by atoms with van der Waals surface area (Å²) in [5.74, 6) is -20.0. The first-order valence-electron chi connectivity index (χ1n) is 10.4. The Morgan fingerprint density at radius 3 is 1.29 bits per heavy atom. The normalized spacial score (nSPS) is 13.1. The number of unbranched alkanes of at least 4 members (excludes halogenated alkanes) is 13. The Balaban J connectivity index is 3.79. The van der Waals surface area contributed by atoms with E-state index in [1.165, 1.54) is 44.9 Å². The quantitative estimate of drug-likeness (QED) is 0.181. The molecule has 1 N–H and O–H groups in total. The van der Waals surface area contributed by atoms with E-state index in [2.05, 4.69) is 6.92 Å². The van der Waals surface area contributed by atoms with Crippen molar-refractivity contribution in [3.63, 3.8) is 0 Å². The lowest BCUT2D eigenvalue weighted by atomic mass is 9.98. The third-order valence-corrected chi connectivity index (χ3v) is 4.97. The van der Waals surface area contributed by atoms with E-state index in [1.807, 2.05) is 0 Å². The van der Waals surface area contributed by atoms with Gasteiger partial charge in [0.05, 0.1) is 0 Å². The Morgan fingerprint density at radius 2 is 0.964 bits per heavy atom.